The smallest absolute Gasteiger partial charge is 0.314 e. The van der Waals surface area contributed by atoms with Crippen molar-refractivity contribution in [1.82, 2.24) is 10.6 Å². The molecule has 124 valence electrons. The molecule has 2 N–H and O–H groups in total. The van der Waals surface area contributed by atoms with E-state index < -0.39 is 5.79 Å². The number of hydrogen-bond donors (Lipinski definition) is 2. The third-order valence-corrected chi connectivity index (χ3v) is 4.61. The highest BCUT2D eigenvalue weighted by atomic mass is 32.1. The lowest BCUT2D eigenvalue weighted by Crippen LogP contribution is -2.40. The predicted octanol–water partition coefficient (Wildman–Crippen LogP) is 2.94. The average Bonchev–Trinajstić information content (AvgIpc) is 3.14. The van der Waals surface area contributed by atoms with Crippen LogP contribution >= 0.6 is 11.3 Å². The summed E-state index contributed by atoms with van der Waals surface area (Å²) in [5.41, 5.74) is 1.27. The van der Waals surface area contributed by atoms with E-state index in [2.05, 4.69) is 41.3 Å². The highest BCUT2D eigenvalue weighted by molar-refractivity contribution is 7.07. The van der Waals surface area contributed by atoms with Crippen LogP contribution in [-0.4, -0.2) is 38.1 Å². The zero-order chi connectivity index (χ0) is 16.0. The van der Waals surface area contributed by atoms with Gasteiger partial charge in [-0.15, -0.1) is 0 Å². The van der Waals surface area contributed by atoms with Crippen molar-refractivity contribution < 1.29 is 14.3 Å². The van der Waals surface area contributed by atoms with Gasteiger partial charge in [-0.05, 0) is 41.1 Å². The van der Waals surface area contributed by atoms with Crippen molar-refractivity contribution in [3.05, 3.63) is 22.4 Å². The van der Waals surface area contributed by atoms with Crippen molar-refractivity contribution in [2.45, 2.75) is 38.9 Å². The van der Waals surface area contributed by atoms with E-state index in [0.29, 0.717) is 38.1 Å². The fourth-order valence-electron chi connectivity index (χ4n) is 2.63. The summed E-state index contributed by atoms with van der Waals surface area (Å²) in [5, 5.41) is 10.0. The molecule has 1 aliphatic rings. The molecular formula is C16H26N2O3S. The summed E-state index contributed by atoms with van der Waals surface area (Å²) >= 11 is 1.68. The average molecular weight is 326 g/mol. The lowest BCUT2D eigenvalue weighted by molar-refractivity contribution is -0.153. The van der Waals surface area contributed by atoms with Crippen molar-refractivity contribution in [3.8, 4) is 0 Å². The van der Waals surface area contributed by atoms with Crippen LogP contribution in [0.5, 0.6) is 0 Å². The van der Waals surface area contributed by atoms with Gasteiger partial charge in [-0.3, -0.25) is 0 Å². The second-order valence-electron chi connectivity index (χ2n) is 6.19. The predicted molar refractivity (Wildman–Crippen MR) is 88.2 cm³/mol. The summed E-state index contributed by atoms with van der Waals surface area (Å²) in [7, 11) is 0. The summed E-state index contributed by atoms with van der Waals surface area (Å²) in [5.74, 6) is 0.127. The van der Waals surface area contributed by atoms with Crippen molar-refractivity contribution in [1.29, 1.82) is 0 Å². The summed E-state index contributed by atoms with van der Waals surface area (Å²) in [4.78, 5) is 11.9. The van der Waals surface area contributed by atoms with Gasteiger partial charge in [0.25, 0.3) is 0 Å². The molecule has 0 spiro atoms. The molecule has 2 heterocycles. The zero-order valence-corrected chi connectivity index (χ0v) is 14.4. The molecule has 5 nitrogen and oxygen atoms in total. The van der Waals surface area contributed by atoms with Gasteiger partial charge in [0, 0.05) is 19.5 Å². The largest absolute Gasteiger partial charge is 0.348 e. The summed E-state index contributed by atoms with van der Waals surface area (Å²) in [6, 6.07) is 1.98. The van der Waals surface area contributed by atoms with Crippen LogP contribution in [-0.2, 0) is 9.47 Å². The lowest BCUT2D eigenvalue weighted by atomic mass is 10.0. The Morgan fingerprint density at radius 2 is 2.00 bits per heavy atom. The Bertz CT molecular complexity index is 458. The maximum Gasteiger partial charge on any atom is 0.314 e. The second kappa shape index (κ2) is 7.94. The molecule has 0 radical (unpaired) electrons. The van der Waals surface area contributed by atoms with Crippen LogP contribution in [0.3, 0.4) is 0 Å². The summed E-state index contributed by atoms with van der Waals surface area (Å²) < 4.78 is 11.2. The van der Waals surface area contributed by atoms with Crippen LogP contribution in [0.2, 0.25) is 0 Å². The number of carbonyl (C=O) groups is 1. The normalized spacial score (nSPS) is 19.6. The molecule has 2 rings (SSSR count). The number of urea groups is 1. The van der Waals surface area contributed by atoms with Crippen LogP contribution in [0.15, 0.2) is 16.8 Å². The van der Waals surface area contributed by atoms with Gasteiger partial charge in [0.1, 0.15) is 0 Å². The first-order valence-electron chi connectivity index (χ1n) is 7.80. The Kier molecular flexibility index (Phi) is 6.23. The number of amides is 2. The van der Waals surface area contributed by atoms with Gasteiger partial charge < -0.3 is 20.1 Å². The number of carbonyl (C=O) groups excluding carboxylic acids is 1. The van der Waals surface area contributed by atoms with Crippen molar-refractivity contribution in [2.75, 3.05) is 26.3 Å². The van der Waals surface area contributed by atoms with Gasteiger partial charge in [-0.25, -0.2) is 4.79 Å². The molecular weight excluding hydrogens is 300 g/mol. The minimum Gasteiger partial charge on any atom is -0.348 e. The first-order chi connectivity index (χ1) is 10.5. The fourth-order valence-corrected chi connectivity index (χ4v) is 3.41. The molecule has 0 aromatic carbocycles. The van der Waals surface area contributed by atoms with Gasteiger partial charge in [0.05, 0.1) is 13.2 Å². The molecule has 6 heteroatoms. The minimum atomic E-state index is -0.495. The number of rotatable bonds is 7. The van der Waals surface area contributed by atoms with Crippen LogP contribution in [0.4, 0.5) is 4.79 Å². The first kappa shape index (κ1) is 17.2. The minimum absolute atomic E-state index is 0.118. The number of thiophene rings is 1. The molecule has 1 aliphatic heterocycles. The van der Waals surface area contributed by atoms with Crippen molar-refractivity contribution >= 4 is 17.4 Å². The van der Waals surface area contributed by atoms with E-state index in [1.807, 2.05) is 6.92 Å². The Morgan fingerprint density at radius 1 is 1.32 bits per heavy atom. The van der Waals surface area contributed by atoms with Gasteiger partial charge in [0.2, 0.25) is 0 Å². The van der Waals surface area contributed by atoms with Crippen molar-refractivity contribution in [2.24, 2.45) is 5.92 Å². The van der Waals surface area contributed by atoms with E-state index in [-0.39, 0.29) is 6.03 Å². The molecule has 1 aromatic rings. The summed E-state index contributed by atoms with van der Waals surface area (Å²) in [6.07, 6.45) is 0.776. The standard InChI is InChI=1S/C16H26N2O3S/c1-12(8-16(3)20-5-6-21-16)9-17-15(19)18-10-13(2)14-4-7-22-11-14/h4,7,11-13H,5-6,8-10H2,1-3H3,(H2,17,18,19). The monoisotopic (exact) mass is 326 g/mol. The maximum absolute atomic E-state index is 11.9. The van der Waals surface area contributed by atoms with E-state index in [1.54, 1.807) is 11.3 Å². The van der Waals surface area contributed by atoms with Gasteiger partial charge in [-0.1, -0.05) is 13.8 Å². The Balaban J connectivity index is 1.62. The van der Waals surface area contributed by atoms with Crippen LogP contribution in [0, 0.1) is 5.92 Å². The molecule has 0 saturated carbocycles. The fraction of sp³-hybridized carbons (Fsp3) is 0.688. The van der Waals surface area contributed by atoms with Crippen molar-refractivity contribution in [3.63, 3.8) is 0 Å². The first-order valence-corrected chi connectivity index (χ1v) is 8.74. The topological polar surface area (TPSA) is 59.6 Å². The Labute approximate surface area is 136 Å². The lowest BCUT2D eigenvalue weighted by Gasteiger charge is -2.26. The molecule has 22 heavy (non-hydrogen) atoms. The third-order valence-electron chi connectivity index (χ3n) is 3.91. The molecule has 1 saturated heterocycles. The highest BCUT2D eigenvalue weighted by Gasteiger charge is 2.32. The Hall–Kier alpha value is -1.11. The van der Waals surface area contributed by atoms with Crippen LogP contribution in [0.25, 0.3) is 0 Å². The van der Waals surface area contributed by atoms with E-state index in [9.17, 15) is 4.79 Å². The quantitative estimate of drug-likeness (QED) is 0.810. The SMILES string of the molecule is CC(CNC(=O)NCC(C)c1ccsc1)CC1(C)OCCO1. The van der Waals surface area contributed by atoms with E-state index >= 15 is 0 Å². The molecule has 1 aromatic heterocycles. The van der Waals surface area contributed by atoms with Crippen LogP contribution < -0.4 is 10.6 Å². The number of ether oxygens (including phenoxy) is 2. The molecule has 0 aliphatic carbocycles. The van der Waals surface area contributed by atoms with Crippen LogP contribution in [0.1, 0.15) is 38.7 Å². The number of hydrogen-bond acceptors (Lipinski definition) is 4. The highest BCUT2D eigenvalue weighted by Crippen LogP contribution is 2.26. The molecule has 2 amide bonds. The third kappa shape index (κ3) is 5.26. The molecule has 0 bridgehead atoms. The van der Waals surface area contributed by atoms with E-state index in [0.717, 1.165) is 6.42 Å². The maximum atomic E-state index is 11.9. The van der Waals surface area contributed by atoms with Gasteiger partial charge >= 0.3 is 6.03 Å². The van der Waals surface area contributed by atoms with Gasteiger partial charge in [-0.2, -0.15) is 11.3 Å². The molecule has 2 unspecified atom stereocenters. The zero-order valence-electron chi connectivity index (χ0n) is 13.6. The second-order valence-corrected chi connectivity index (χ2v) is 6.97. The number of nitrogens with one attached hydrogen (secondary N) is 2. The molecule has 2 atom stereocenters. The van der Waals surface area contributed by atoms with E-state index in [4.69, 9.17) is 9.47 Å². The Morgan fingerprint density at radius 3 is 2.64 bits per heavy atom. The summed E-state index contributed by atoms with van der Waals surface area (Å²) in [6.45, 7) is 8.71. The van der Waals surface area contributed by atoms with E-state index in [1.165, 1.54) is 5.56 Å². The molecule has 1 fully saturated rings. The van der Waals surface area contributed by atoms with Gasteiger partial charge in [0.15, 0.2) is 5.79 Å².